The molecule has 1 saturated carbocycles. The third-order valence-corrected chi connectivity index (χ3v) is 4.10. The van der Waals surface area contributed by atoms with Crippen molar-refractivity contribution in [3.8, 4) is 0 Å². The van der Waals surface area contributed by atoms with Crippen LogP contribution in [-0.4, -0.2) is 38.0 Å². The van der Waals surface area contributed by atoms with Crippen molar-refractivity contribution in [1.29, 1.82) is 0 Å². The van der Waals surface area contributed by atoms with Crippen molar-refractivity contribution < 1.29 is 9.47 Å². The number of methoxy groups -OCH3 is 1. The van der Waals surface area contributed by atoms with Crippen LogP contribution in [0.15, 0.2) is 0 Å². The molecule has 4 atom stereocenters. The fraction of sp³-hybridized carbons (Fsp3) is 1.00. The molecule has 2 saturated heterocycles. The van der Waals surface area contributed by atoms with Crippen molar-refractivity contribution in [3.63, 3.8) is 0 Å². The highest BCUT2D eigenvalue weighted by Gasteiger charge is 2.53. The van der Waals surface area contributed by atoms with E-state index < -0.39 is 0 Å². The molecule has 108 valence electrons. The third-order valence-electron chi connectivity index (χ3n) is 4.10. The van der Waals surface area contributed by atoms with Gasteiger partial charge in [0.05, 0.1) is 19.3 Å². The summed E-state index contributed by atoms with van der Waals surface area (Å²) in [7, 11) is 1.73. The lowest BCUT2D eigenvalue weighted by molar-refractivity contribution is -0.103. The number of nitrogens with one attached hydrogen (secondary N) is 1. The predicted molar refractivity (Wildman–Crippen MR) is 75.9 cm³/mol. The maximum Gasteiger partial charge on any atom is 0.0755 e. The number of hydrogen-bond acceptors (Lipinski definition) is 3. The summed E-state index contributed by atoms with van der Waals surface area (Å²) in [5.74, 6) is 0.847. The van der Waals surface area contributed by atoms with Crippen LogP contribution in [-0.2, 0) is 9.47 Å². The lowest BCUT2D eigenvalue weighted by Crippen LogP contribution is -2.73. The van der Waals surface area contributed by atoms with Gasteiger partial charge in [-0.2, -0.15) is 0 Å². The highest BCUT2D eigenvalue weighted by atomic mass is 16.5. The fourth-order valence-electron chi connectivity index (χ4n) is 3.60. The first-order valence-corrected chi connectivity index (χ1v) is 7.58. The molecule has 3 aliphatic rings. The first-order chi connectivity index (χ1) is 8.70. The van der Waals surface area contributed by atoms with E-state index in [1.165, 1.54) is 19.3 Å². The number of hydrogen-bond donors (Lipinski definition) is 1. The van der Waals surface area contributed by atoms with E-state index in [-0.39, 0.29) is 5.54 Å². The number of ether oxygens (including phenoxy) is 2. The van der Waals surface area contributed by atoms with Gasteiger partial charge in [0.25, 0.3) is 0 Å². The lowest BCUT2D eigenvalue weighted by atomic mass is 9.63. The highest BCUT2D eigenvalue weighted by Crippen LogP contribution is 2.44. The standard InChI is InChI=1S/C13H25NO2.C2H6/c1-4-12(16-6-5-15-3)13-8-10(2)7-11(9-13)14-13;1-2/h10-12,14H,4-9H2,1-3H3;1-2H3. The molecule has 0 aromatic carbocycles. The van der Waals surface area contributed by atoms with Gasteiger partial charge in [0.1, 0.15) is 0 Å². The summed E-state index contributed by atoms with van der Waals surface area (Å²) in [5, 5.41) is 3.74. The van der Waals surface area contributed by atoms with Gasteiger partial charge in [-0.3, -0.25) is 0 Å². The topological polar surface area (TPSA) is 30.5 Å². The third kappa shape index (κ3) is 3.46. The Morgan fingerprint density at radius 1 is 1.28 bits per heavy atom. The van der Waals surface area contributed by atoms with E-state index in [2.05, 4.69) is 19.2 Å². The number of piperidine rings is 1. The molecule has 18 heavy (non-hydrogen) atoms. The van der Waals surface area contributed by atoms with Crippen LogP contribution in [0.25, 0.3) is 0 Å². The smallest absolute Gasteiger partial charge is 0.0755 e. The van der Waals surface area contributed by atoms with Gasteiger partial charge >= 0.3 is 0 Å². The monoisotopic (exact) mass is 257 g/mol. The fourth-order valence-corrected chi connectivity index (χ4v) is 3.60. The van der Waals surface area contributed by atoms with Crippen LogP contribution >= 0.6 is 0 Å². The molecule has 0 amide bonds. The molecule has 3 heteroatoms. The van der Waals surface area contributed by atoms with Crippen molar-refractivity contribution in [3.05, 3.63) is 0 Å². The van der Waals surface area contributed by atoms with Crippen molar-refractivity contribution in [1.82, 2.24) is 5.32 Å². The minimum atomic E-state index is 0.283. The Labute approximate surface area is 113 Å². The molecule has 3 fully saturated rings. The summed E-state index contributed by atoms with van der Waals surface area (Å²) in [6.45, 7) is 10.0. The molecule has 1 N–H and O–H groups in total. The summed E-state index contributed by atoms with van der Waals surface area (Å²) in [4.78, 5) is 0. The van der Waals surface area contributed by atoms with Crippen molar-refractivity contribution >= 4 is 0 Å². The van der Waals surface area contributed by atoms with Gasteiger partial charge in [-0.25, -0.2) is 0 Å². The Hall–Kier alpha value is -0.120. The van der Waals surface area contributed by atoms with Crippen molar-refractivity contribution in [2.24, 2.45) is 5.92 Å². The zero-order valence-electron chi connectivity index (χ0n) is 12.8. The Morgan fingerprint density at radius 3 is 2.44 bits per heavy atom. The van der Waals surface area contributed by atoms with Crippen LogP contribution in [0.2, 0.25) is 0 Å². The molecule has 0 aromatic heterocycles. The molecular formula is C15H31NO2. The van der Waals surface area contributed by atoms with E-state index in [9.17, 15) is 0 Å². The van der Waals surface area contributed by atoms with E-state index in [1.54, 1.807) is 7.11 Å². The Bertz CT molecular complexity index is 227. The van der Waals surface area contributed by atoms with Gasteiger partial charge in [-0.1, -0.05) is 27.7 Å². The van der Waals surface area contributed by atoms with Crippen LogP contribution in [0.3, 0.4) is 0 Å². The van der Waals surface area contributed by atoms with Crippen LogP contribution in [0.5, 0.6) is 0 Å². The second kappa shape index (κ2) is 7.46. The SMILES string of the molecule is CC.CCC(OCCOC)C12CC(C)CC(C1)N2. The van der Waals surface area contributed by atoms with Gasteiger partial charge in [0.15, 0.2) is 0 Å². The van der Waals surface area contributed by atoms with Crippen molar-refractivity contribution in [2.75, 3.05) is 20.3 Å². The molecule has 2 bridgehead atoms. The molecule has 3 rings (SSSR count). The highest BCUT2D eigenvalue weighted by molar-refractivity contribution is 5.12. The maximum absolute atomic E-state index is 5.97. The van der Waals surface area contributed by atoms with Gasteiger partial charge < -0.3 is 14.8 Å². The molecule has 2 aliphatic heterocycles. The number of rotatable bonds is 6. The molecular weight excluding hydrogens is 226 g/mol. The normalized spacial score (nSPS) is 35.2. The zero-order valence-corrected chi connectivity index (χ0v) is 12.8. The quantitative estimate of drug-likeness (QED) is 0.742. The van der Waals surface area contributed by atoms with E-state index in [0.29, 0.717) is 12.7 Å². The van der Waals surface area contributed by atoms with E-state index in [4.69, 9.17) is 9.47 Å². The predicted octanol–water partition coefficient (Wildman–Crippen LogP) is 2.98. The second-order valence-electron chi connectivity index (χ2n) is 5.51. The lowest BCUT2D eigenvalue weighted by Gasteiger charge is -2.59. The molecule has 0 spiro atoms. The van der Waals surface area contributed by atoms with Gasteiger partial charge in [0, 0.05) is 18.7 Å². The summed E-state index contributed by atoms with van der Waals surface area (Å²) in [5.41, 5.74) is 0.283. The van der Waals surface area contributed by atoms with Crippen LogP contribution in [0, 0.1) is 5.92 Å². The maximum atomic E-state index is 5.97. The summed E-state index contributed by atoms with van der Waals surface area (Å²) in [6, 6.07) is 0.754. The minimum absolute atomic E-state index is 0.283. The molecule has 4 unspecified atom stereocenters. The molecule has 3 nitrogen and oxygen atoms in total. The van der Waals surface area contributed by atoms with Gasteiger partial charge in [0.2, 0.25) is 0 Å². The van der Waals surface area contributed by atoms with Crippen LogP contribution in [0.4, 0.5) is 0 Å². The summed E-state index contributed by atoms with van der Waals surface area (Å²) < 4.78 is 11.0. The molecule has 0 radical (unpaired) electrons. The molecule has 0 aromatic rings. The van der Waals surface area contributed by atoms with E-state index in [0.717, 1.165) is 25.0 Å². The summed E-state index contributed by atoms with van der Waals surface area (Å²) in [6.07, 6.45) is 5.38. The van der Waals surface area contributed by atoms with Gasteiger partial charge in [-0.15, -0.1) is 0 Å². The molecule has 1 aliphatic carbocycles. The average molecular weight is 257 g/mol. The molecule has 2 heterocycles. The van der Waals surface area contributed by atoms with Crippen LogP contribution in [0.1, 0.15) is 53.4 Å². The minimum Gasteiger partial charge on any atom is -0.382 e. The van der Waals surface area contributed by atoms with Crippen LogP contribution < -0.4 is 5.32 Å². The number of fused-ring (bicyclic) bond motifs is 2. The largest absolute Gasteiger partial charge is 0.382 e. The Kier molecular flexibility index (Phi) is 6.61. The Balaban J connectivity index is 0.000000771. The van der Waals surface area contributed by atoms with E-state index in [1.807, 2.05) is 13.8 Å². The zero-order chi connectivity index (χ0) is 13.6. The Morgan fingerprint density at radius 2 is 1.94 bits per heavy atom. The summed E-state index contributed by atoms with van der Waals surface area (Å²) >= 11 is 0. The van der Waals surface area contributed by atoms with Crippen molar-refractivity contribution in [2.45, 2.75) is 71.1 Å². The first-order valence-electron chi connectivity index (χ1n) is 7.58. The van der Waals surface area contributed by atoms with Gasteiger partial charge in [-0.05, 0) is 31.6 Å². The van der Waals surface area contributed by atoms with E-state index >= 15 is 0 Å². The first kappa shape index (κ1) is 15.9. The second-order valence-corrected chi connectivity index (χ2v) is 5.51. The average Bonchev–Trinajstić information content (AvgIpc) is 2.35.